The minimum Gasteiger partial charge on any atom is -0.317 e. The van der Waals surface area contributed by atoms with Gasteiger partial charge in [-0.3, -0.25) is 9.88 Å². The third kappa shape index (κ3) is 3.27. The van der Waals surface area contributed by atoms with Gasteiger partial charge in [0.1, 0.15) is 0 Å². The molecule has 1 saturated heterocycles. The number of hydrogen-bond acceptors (Lipinski definition) is 3. The van der Waals surface area contributed by atoms with Crippen LogP contribution in [0.3, 0.4) is 0 Å². The van der Waals surface area contributed by atoms with E-state index in [1.54, 1.807) is 0 Å². The van der Waals surface area contributed by atoms with Gasteiger partial charge in [0.05, 0.1) is 5.69 Å². The average Bonchev–Trinajstić information content (AvgIpc) is 2.33. The molecule has 0 radical (unpaired) electrons. The SMILES string of the molecule is CN(Cc1ccc(Br)cn1)C1CCNCC1. The van der Waals surface area contributed by atoms with Gasteiger partial charge in [0, 0.05) is 23.3 Å². The van der Waals surface area contributed by atoms with Gasteiger partial charge in [-0.2, -0.15) is 0 Å². The van der Waals surface area contributed by atoms with Crippen LogP contribution in [0.2, 0.25) is 0 Å². The van der Waals surface area contributed by atoms with Crippen molar-refractivity contribution in [1.29, 1.82) is 0 Å². The third-order valence-corrected chi connectivity index (χ3v) is 3.60. The van der Waals surface area contributed by atoms with E-state index in [0.29, 0.717) is 6.04 Å². The number of nitrogens with one attached hydrogen (secondary N) is 1. The second-order valence-corrected chi connectivity index (χ2v) is 5.28. The largest absolute Gasteiger partial charge is 0.317 e. The molecule has 88 valence electrons. The molecule has 0 aromatic carbocycles. The Morgan fingerprint density at radius 3 is 2.81 bits per heavy atom. The van der Waals surface area contributed by atoms with Gasteiger partial charge in [-0.1, -0.05) is 0 Å². The molecule has 1 aliphatic heterocycles. The van der Waals surface area contributed by atoms with Crippen LogP contribution in [-0.2, 0) is 6.54 Å². The van der Waals surface area contributed by atoms with Gasteiger partial charge in [-0.25, -0.2) is 0 Å². The molecular weight excluding hydrogens is 266 g/mol. The molecule has 0 amide bonds. The smallest absolute Gasteiger partial charge is 0.0544 e. The van der Waals surface area contributed by atoms with E-state index in [0.717, 1.165) is 29.8 Å². The molecule has 1 N–H and O–H groups in total. The highest BCUT2D eigenvalue weighted by molar-refractivity contribution is 9.10. The van der Waals surface area contributed by atoms with Crippen molar-refractivity contribution >= 4 is 15.9 Å². The molecule has 0 saturated carbocycles. The van der Waals surface area contributed by atoms with E-state index in [-0.39, 0.29) is 0 Å². The first-order chi connectivity index (χ1) is 7.75. The van der Waals surface area contributed by atoms with Crippen molar-refractivity contribution in [3.8, 4) is 0 Å². The summed E-state index contributed by atoms with van der Waals surface area (Å²) in [6.45, 7) is 3.23. The molecule has 0 atom stereocenters. The van der Waals surface area contributed by atoms with Gasteiger partial charge >= 0.3 is 0 Å². The number of piperidine rings is 1. The fourth-order valence-corrected chi connectivity index (χ4v) is 2.37. The number of halogens is 1. The van der Waals surface area contributed by atoms with E-state index < -0.39 is 0 Å². The summed E-state index contributed by atoms with van der Waals surface area (Å²) in [5.74, 6) is 0. The molecule has 0 aliphatic carbocycles. The number of aromatic nitrogens is 1. The van der Waals surface area contributed by atoms with E-state index in [9.17, 15) is 0 Å². The van der Waals surface area contributed by atoms with Crippen molar-refractivity contribution < 1.29 is 0 Å². The molecule has 0 bridgehead atoms. The predicted octanol–water partition coefficient (Wildman–Crippen LogP) is 2.03. The zero-order chi connectivity index (χ0) is 11.4. The van der Waals surface area contributed by atoms with E-state index in [2.05, 4.69) is 50.3 Å². The zero-order valence-electron chi connectivity index (χ0n) is 9.62. The van der Waals surface area contributed by atoms with Gasteiger partial charge in [0.25, 0.3) is 0 Å². The monoisotopic (exact) mass is 283 g/mol. The second-order valence-electron chi connectivity index (χ2n) is 4.36. The van der Waals surface area contributed by atoms with Gasteiger partial charge < -0.3 is 5.32 Å². The van der Waals surface area contributed by atoms with E-state index >= 15 is 0 Å². The highest BCUT2D eigenvalue weighted by Gasteiger charge is 2.17. The molecule has 4 heteroatoms. The van der Waals surface area contributed by atoms with Crippen LogP contribution in [0, 0.1) is 0 Å². The van der Waals surface area contributed by atoms with Crippen LogP contribution in [0.1, 0.15) is 18.5 Å². The van der Waals surface area contributed by atoms with Crippen LogP contribution in [-0.4, -0.2) is 36.1 Å². The predicted molar refractivity (Wildman–Crippen MR) is 69.3 cm³/mol. The molecule has 0 spiro atoms. The summed E-state index contributed by atoms with van der Waals surface area (Å²) in [6.07, 6.45) is 4.35. The lowest BCUT2D eigenvalue weighted by molar-refractivity contribution is 0.190. The zero-order valence-corrected chi connectivity index (χ0v) is 11.2. The van der Waals surface area contributed by atoms with Gasteiger partial charge in [0.15, 0.2) is 0 Å². The number of nitrogens with zero attached hydrogens (tertiary/aromatic N) is 2. The van der Waals surface area contributed by atoms with Gasteiger partial charge in [-0.15, -0.1) is 0 Å². The molecule has 2 rings (SSSR count). The van der Waals surface area contributed by atoms with E-state index in [1.807, 2.05) is 6.20 Å². The quantitative estimate of drug-likeness (QED) is 0.920. The summed E-state index contributed by atoms with van der Waals surface area (Å²) in [5, 5.41) is 3.39. The molecule has 1 aromatic heterocycles. The molecular formula is C12H18BrN3. The Kier molecular flexibility index (Phi) is 4.32. The van der Waals surface area contributed by atoms with Crippen LogP contribution in [0.5, 0.6) is 0 Å². The molecule has 1 fully saturated rings. The Balaban J connectivity index is 1.90. The number of hydrogen-bond donors (Lipinski definition) is 1. The molecule has 0 unspecified atom stereocenters. The molecule has 1 aromatic rings. The van der Waals surface area contributed by atoms with Gasteiger partial charge in [0.2, 0.25) is 0 Å². The van der Waals surface area contributed by atoms with Crippen molar-refractivity contribution in [1.82, 2.24) is 15.2 Å². The van der Waals surface area contributed by atoms with Crippen LogP contribution >= 0.6 is 15.9 Å². The maximum atomic E-state index is 4.41. The Morgan fingerprint density at radius 2 is 2.19 bits per heavy atom. The van der Waals surface area contributed by atoms with E-state index in [1.165, 1.54) is 12.8 Å². The van der Waals surface area contributed by atoms with Crippen LogP contribution in [0.4, 0.5) is 0 Å². The van der Waals surface area contributed by atoms with Crippen LogP contribution in [0.15, 0.2) is 22.8 Å². The Bertz CT molecular complexity index is 320. The first kappa shape index (κ1) is 12.0. The first-order valence-corrected chi connectivity index (χ1v) is 6.56. The average molecular weight is 284 g/mol. The normalized spacial score (nSPS) is 17.9. The highest BCUT2D eigenvalue weighted by Crippen LogP contribution is 2.14. The summed E-state index contributed by atoms with van der Waals surface area (Å²) in [7, 11) is 2.19. The summed E-state index contributed by atoms with van der Waals surface area (Å²) < 4.78 is 1.04. The maximum Gasteiger partial charge on any atom is 0.0544 e. The highest BCUT2D eigenvalue weighted by atomic mass is 79.9. The van der Waals surface area contributed by atoms with Crippen molar-refractivity contribution in [2.24, 2.45) is 0 Å². The molecule has 16 heavy (non-hydrogen) atoms. The third-order valence-electron chi connectivity index (χ3n) is 3.13. The molecule has 2 heterocycles. The lowest BCUT2D eigenvalue weighted by Crippen LogP contribution is -2.40. The molecule has 1 aliphatic rings. The lowest BCUT2D eigenvalue weighted by atomic mass is 10.1. The number of rotatable bonds is 3. The standard InChI is InChI=1S/C12H18BrN3/c1-16(12-4-6-14-7-5-12)9-11-3-2-10(13)8-15-11/h2-3,8,12,14H,4-7,9H2,1H3. The minimum atomic E-state index is 0.701. The summed E-state index contributed by atoms with van der Waals surface area (Å²) in [5.41, 5.74) is 1.14. The van der Waals surface area contributed by atoms with Crippen molar-refractivity contribution in [3.05, 3.63) is 28.5 Å². The fourth-order valence-electron chi connectivity index (χ4n) is 2.13. The topological polar surface area (TPSA) is 28.2 Å². The maximum absolute atomic E-state index is 4.41. The summed E-state index contributed by atoms with van der Waals surface area (Å²) in [6, 6.07) is 4.84. The van der Waals surface area contributed by atoms with Gasteiger partial charge in [-0.05, 0) is 61.0 Å². The van der Waals surface area contributed by atoms with E-state index in [4.69, 9.17) is 0 Å². The fraction of sp³-hybridized carbons (Fsp3) is 0.583. The summed E-state index contributed by atoms with van der Waals surface area (Å²) >= 11 is 3.40. The Hall–Kier alpha value is -0.450. The van der Waals surface area contributed by atoms with Crippen LogP contribution in [0.25, 0.3) is 0 Å². The first-order valence-electron chi connectivity index (χ1n) is 5.77. The second kappa shape index (κ2) is 5.75. The number of pyridine rings is 1. The van der Waals surface area contributed by atoms with Crippen LogP contribution < -0.4 is 5.32 Å². The minimum absolute atomic E-state index is 0.701. The van der Waals surface area contributed by atoms with Crippen molar-refractivity contribution in [2.75, 3.05) is 20.1 Å². The Morgan fingerprint density at radius 1 is 1.44 bits per heavy atom. The van der Waals surface area contributed by atoms with Crippen molar-refractivity contribution in [3.63, 3.8) is 0 Å². The van der Waals surface area contributed by atoms with Crippen molar-refractivity contribution in [2.45, 2.75) is 25.4 Å². The lowest BCUT2D eigenvalue weighted by Gasteiger charge is -2.31. The summed E-state index contributed by atoms with van der Waals surface area (Å²) in [4.78, 5) is 6.82. The Labute approximate surface area is 105 Å². The molecule has 3 nitrogen and oxygen atoms in total.